The van der Waals surface area contributed by atoms with Gasteiger partial charge < -0.3 is 0 Å². The Bertz CT molecular complexity index is 788. The molecule has 2 heterocycles. The molecule has 2 saturated heterocycles. The van der Waals surface area contributed by atoms with Crippen LogP contribution in [0.4, 0.5) is 0 Å². The molecule has 2 aliphatic carbocycles. The van der Waals surface area contributed by atoms with Crippen molar-refractivity contribution in [2.24, 2.45) is 5.92 Å². The lowest BCUT2D eigenvalue weighted by atomic mass is 9.72. The highest BCUT2D eigenvalue weighted by molar-refractivity contribution is 5.44. The van der Waals surface area contributed by atoms with Gasteiger partial charge in [-0.2, -0.15) is 0 Å². The van der Waals surface area contributed by atoms with Crippen LogP contribution in [0.25, 0.3) is 0 Å². The largest absolute Gasteiger partial charge is 0.299 e. The second-order valence-electron chi connectivity index (χ2n) is 9.90. The van der Waals surface area contributed by atoms with E-state index in [1.165, 1.54) is 94.2 Å². The Morgan fingerprint density at radius 2 is 1.40 bits per heavy atom. The lowest BCUT2D eigenvalue weighted by molar-refractivity contribution is 0.221. The number of allylic oxidation sites excluding steroid dienone is 4. The maximum atomic E-state index is 2.65. The fourth-order valence-corrected chi connectivity index (χ4v) is 5.96. The highest BCUT2D eigenvalue weighted by atomic mass is 15.1. The quantitative estimate of drug-likeness (QED) is 0.589. The average molecular weight is 403 g/mol. The first-order valence-corrected chi connectivity index (χ1v) is 12.5. The van der Waals surface area contributed by atoms with E-state index in [0.717, 1.165) is 13.1 Å². The van der Waals surface area contributed by atoms with Crippen molar-refractivity contribution in [3.63, 3.8) is 0 Å². The number of piperidine rings is 2. The molecule has 2 heteroatoms. The van der Waals surface area contributed by atoms with Crippen molar-refractivity contribution >= 4 is 0 Å². The van der Waals surface area contributed by atoms with Gasteiger partial charge in [0, 0.05) is 19.0 Å². The van der Waals surface area contributed by atoms with Crippen LogP contribution in [-0.4, -0.2) is 42.5 Å². The van der Waals surface area contributed by atoms with Crippen molar-refractivity contribution in [2.75, 3.05) is 32.7 Å². The summed E-state index contributed by atoms with van der Waals surface area (Å²) in [5.41, 5.74) is 6.10. The van der Waals surface area contributed by atoms with Gasteiger partial charge in [0.1, 0.15) is 0 Å². The van der Waals surface area contributed by atoms with Crippen molar-refractivity contribution in [3.8, 4) is 0 Å². The standard InChI is InChI=1S/C28H38N2/c1-3-16-29(17-4-1)21-23-10-13-26(14-11-23)27-9-7-8-25-15-12-24(20-28(25)27)22-30-18-5-2-6-19-30/h8,10-15,20,27-28H,1-7,9,16-19,21-22H2. The molecule has 0 spiro atoms. The summed E-state index contributed by atoms with van der Waals surface area (Å²) in [6, 6.07) is 9.67. The van der Waals surface area contributed by atoms with E-state index in [1.807, 2.05) is 0 Å². The van der Waals surface area contributed by atoms with E-state index in [2.05, 4.69) is 58.4 Å². The lowest BCUT2D eigenvalue weighted by Crippen LogP contribution is -2.32. The Hall–Kier alpha value is -1.64. The molecule has 1 aromatic carbocycles. The Morgan fingerprint density at radius 3 is 2.10 bits per heavy atom. The zero-order chi connectivity index (χ0) is 20.2. The van der Waals surface area contributed by atoms with E-state index in [4.69, 9.17) is 0 Å². The monoisotopic (exact) mass is 402 g/mol. The molecule has 2 unspecified atom stereocenters. The minimum Gasteiger partial charge on any atom is -0.299 e. The molecule has 30 heavy (non-hydrogen) atoms. The van der Waals surface area contributed by atoms with Crippen LogP contribution >= 0.6 is 0 Å². The summed E-state index contributed by atoms with van der Waals surface area (Å²) in [7, 11) is 0. The third-order valence-electron chi connectivity index (χ3n) is 7.68. The first-order chi connectivity index (χ1) is 14.8. The second-order valence-corrected chi connectivity index (χ2v) is 9.90. The van der Waals surface area contributed by atoms with Gasteiger partial charge in [-0.15, -0.1) is 0 Å². The van der Waals surface area contributed by atoms with Crippen LogP contribution in [0.5, 0.6) is 0 Å². The van der Waals surface area contributed by atoms with E-state index in [-0.39, 0.29) is 0 Å². The number of benzene rings is 1. The third-order valence-corrected chi connectivity index (χ3v) is 7.68. The molecule has 2 aliphatic heterocycles. The van der Waals surface area contributed by atoms with Gasteiger partial charge in [-0.25, -0.2) is 0 Å². The van der Waals surface area contributed by atoms with E-state index in [1.54, 1.807) is 5.57 Å². The summed E-state index contributed by atoms with van der Waals surface area (Å²) in [5, 5.41) is 0. The van der Waals surface area contributed by atoms with E-state index in [0.29, 0.717) is 11.8 Å². The summed E-state index contributed by atoms with van der Waals surface area (Å²) in [4.78, 5) is 5.28. The normalized spacial score (nSPS) is 28.0. The van der Waals surface area contributed by atoms with Gasteiger partial charge in [-0.3, -0.25) is 9.80 Å². The van der Waals surface area contributed by atoms with Gasteiger partial charge in [0.15, 0.2) is 0 Å². The van der Waals surface area contributed by atoms with Gasteiger partial charge in [0.2, 0.25) is 0 Å². The average Bonchev–Trinajstić information content (AvgIpc) is 2.81. The maximum Gasteiger partial charge on any atom is 0.0233 e. The molecule has 0 bridgehead atoms. The number of fused-ring (bicyclic) bond motifs is 1. The van der Waals surface area contributed by atoms with Gasteiger partial charge in [0.05, 0.1) is 0 Å². The van der Waals surface area contributed by atoms with E-state index >= 15 is 0 Å². The Labute approximate surface area is 183 Å². The summed E-state index contributed by atoms with van der Waals surface area (Å²) in [6.07, 6.45) is 20.7. The predicted octanol–water partition coefficient (Wildman–Crippen LogP) is 6.07. The molecule has 0 saturated carbocycles. The third kappa shape index (κ3) is 4.81. The molecule has 2 atom stereocenters. The van der Waals surface area contributed by atoms with Crippen molar-refractivity contribution in [3.05, 3.63) is 70.8 Å². The fraction of sp³-hybridized carbons (Fsp3) is 0.571. The van der Waals surface area contributed by atoms with Crippen LogP contribution in [0.3, 0.4) is 0 Å². The maximum absolute atomic E-state index is 2.65. The number of rotatable bonds is 5. The van der Waals surface area contributed by atoms with Crippen LogP contribution < -0.4 is 0 Å². The van der Waals surface area contributed by atoms with Gasteiger partial charge in [-0.1, -0.05) is 61.4 Å². The molecular formula is C28H38N2. The van der Waals surface area contributed by atoms with Crippen LogP contribution in [0, 0.1) is 5.92 Å². The van der Waals surface area contributed by atoms with Crippen molar-refractivity contribution in [2.45, 2.75) is 63.8 Å². The molecule has 0 amide bonds. The molecular weight excluding hydrogens is 364 g/mol. The van der Waals surface area contributed by atoms with Gasteiger partial charge >= 0.3 is 0 Å². The van der Waals surface area contributed by atoms with Gasteiger partial charge in [-0.05, 0) is 92.9 Å². The molecule has 2 fully saturated rings. The SMILES string of the molecule is C1=CC2=CCCC(c3ccc(CN4CCCCC4)cc3)C2C=C1CN1CCCCC1. The molecule has 1 aromatic rings. The van der Waals surface area contributed by atoms with Crippen molar-refractivity contribution < 1.29 is 0 Å². The van der Waals surface area contributed by atoms with Crippen molar-refractivity contribution in [1.82, 2.24) is 9.80 Å². The first kappa shape index (κ1) is 20.3. The first-order valence-electron chi connectivity index (χ1n) is 12.5. The van der Waals surface area contributed by atoms with Crippen LogP contribution in [0.1, 0.15) is 68.4 Å². The Kier molecular flexibility index (Phi) is 6.53. The number of hydrogen-bond donors (Lipinski definition) is 0. The van der Waals surface area contributed by atoms with Crippen LogP contribution in [0.15, 0.2) is 59.7 Å². The molecule has 2 nitrogen and oxygen atoms in total. The lowest BCUT2D eigenvalue weighted by Gasteiger charge is -2.34. The molecule has 5 rings (SSSR count). The number of hydrogen-bond acceptors (Lipinski definition) is 2. The van der Waals surface area contributed by atoms with Gasteiger partial charge in [0.25, 0.3) is 0 Å². The zero-order valence-corrected chi connectivity index (χ0v) is 18.6. The predicted molar refractivity (Wildman–Crippen MR) is 127 cm³/mol. The summed E-state index contributed by atoms with van der Waals surface area (Å²) in [6.45, 7) is 7.37. The topological polar surface area (TPSA) is 6.48 Å². The van der Waals surface area contributed by atoms with E-state index in [9.17, 15) is 0 Å². The minimum atomic E-state index is 0.566. The summed E-state index contributed by atoms with van der Waals surface area (Å²) >= 11 is 0. The second kappa shape index (κ2) is 9.66. The molecule has 0 radical (unpaired) electrons. The van der Waals surface area contributed by atoms with Crippen molar-refractivity contribution in [1.29, 1.82) is 0 Å². The Morgan fingerprint density at radius 1 is 0.733 bits per heavy atom. The highest BCUT2D eigenvalue weighted by Crippen LogP contribution is 2.42. The molecule has 4 aliphatic rings. The molecule has 0 aromatic heterocycles. The molecule has 160 valence electrons. The minimum absolute atomic E-state index is 0.566. The van der Waals surface area contributed by atoms with Crippen LogP contribution in [-0.2, 0) is 6.54 Å². The Balaban J connectivity index is 1.27. The fourth-order valence-electron chi connectivity index (χ4n) is 5.96. The highest BCUT2D eigenvalue weighted by Gasteiger charge is 2.29. The number of likely N-dealkylation sites (tertiary alicyclic amines) is 2. The number of nitrogens with zero attached hydrogens (tertiary/aromatic N) is 2. The zero-order valence-electron chi connectivity index (χ0n) is 18.6. The molecule has 0 N–H and O–H groups in total. The van der Waals surface area contributed by atoms with Crippen LogP contribution in [0.2, 0.25) is 0 Å². The van der Waals surface area contributed by atoms with E-state index < -0.39 is 0 Å². The smallest absolute Gasteiger partial charge is 0.0233 e. The summed E-state index contributed by atoms with van der Waals surface area (Å²) < 4.78 is 0. The summed E-state index contributed by atoms with van der Waals surface area (Å²) in [5.74, 6) is 1.20.